The smallest absolute Gasteiger partial charge is 0.241 e. The molecule has 0 N–H and O–H groups in total. The van der Waals surface area contributed by atoms with Gasteiger partial charge in [0.15, 0.2) is 0 Å². The summed E-state index contributed by atoms with van der Waals surface area (Å²) in [5.41, 5.74) is 2.37. The average molecular weight is 258 g/mol. The van der Waals surface area contributed by atoms with Gasteiger partial charge in [0.25, 0.3) is 0 Å². The summed E-state index contributed by atoms with van der Waals surface area (Å²) in [4.78, 5) is 16.6. The van der Waals surface area contributed by atoms with E-state index in [1.165, 1.54) is 24.8 Å². The third-order valence-corrected chi connectivity index (χ3v) is 4.50. The van der Waals surface area contributed by atoms with Gasteiger partial charge in [-0.3, -0.25) is 9.69 Å². The maximum absolute atomic E-state index is 12.3. The van der Waals surface area contributed by atoms with E-state index in [2.05, 4.69) is 36.1 Å². The molecule has 1 aromatic carbocycles. The van der Waals surface area contributed by atoms with Crippen molar-refractivity contribution >= 4 is 11.6 Å². The standard InChI is InChI=1S/C16H22N2O/c1-2-13-6-8-15(9-7-13)18-11-10-17(12-16(18)19)14-4-3-5-14/h6-9,14H,2-5,10-12H2,1H3. The molecule has 0 radical (unpaired) electrons. The van der Waals surface area contributed by atoms with Crippen LogP contribution in [0.3, 0.4) is 0 Å². The minimum Gasteiger partial charge on any atom is -0.310 e. The summed E-state index contributed by atoms with van der Waals surface area (Å²) < 4.78 is 0. The summed E-state index contributed by atoms with van der Waals surface area (Å²) in [6, 6.07) is 9.08. The molecule has 0 atom stereocenters. The minimum atomic E-state index is 0.252. The fourth-order valence-electron chi connectivity index (χ4n) is 2.94. The maximum atomic E-state index is 12.3. The van der Waals surface area contributed by atoms with Gasteiger partial charge in [-0.15, -0.1) is 0 Å². The molecule has 1 heterocycles. The van der Waals surface area contributed by atoms with Crippen molar-refractivity contribution in [3.05, 3.63) is 29.8 Å². The molecule has 0 spiro atoms. The van der Waals surface area contributed by atoms with Gasteiger partial charge >= 0.3 is 0 Å². The van der Waals surface area contributed by atoms with Crippen molar-refractivity contribution in [3.8, 4) is 0 Å². The fourth-order valence-corrected chi connectivity index (χ4v) is 2.94. The lowest BCUT2D eigenvalue weighted by molar-refractivity contribution is -0.122. The zero-order valence-electron chi connectivity index (χ0n) is 11.6. The van der Waals surface area contributed by atoms with Crippen molar-refractivity contribution in [1.82, 2.24) is 4.90 Å². The van der Waals surface area contributed by atoms with Crippen LogP contribution in [0, 0.1) is 0 Å². The highest BCUT2D eigenvalue weighted by atomic mass is 16.2. The lowest BCUT2D eigenvalue weighted by atomic mass is 9.91. The summed E-state index contributed by atoms with van der Waals surface area (Å²) in [6.45, 7) is 4.60. The number of carbonyl (C=O) groups excluding carboxylic acids is 1. The van der Waals surface area contributed by atoms with Crippen LogP contribution in [0.25, 0.3) is 0 Å². The van der Waals surface area contributed by atoms with E-state index in [4.69, 9.17) is 0 Å². The highest BCUT2D eigenvalue weighted by Gasteiger charge is 2.32. The van der Waals surface area contributed by atoms with E-state index < -0.39 is 0 Å². The van der Waals surface area contributed by atoms with Gasteiger partial charge in [-0.1, -0.05) is 25.5 Å². The summed E-state index contributed by atoms with van der Waals surface area (Å²) in [6.07, 6.45) is 4.93. The second-order valence-electron chi connectivity index (χ2n) is 5.62. The molecule has 1 aliphatic carbocycles. The molecule has 1 aromatic rings. The fraction of sp³-hybridized carbons (Fsp3) is 0.562. The average Bonchev–Trinajstić information content (AvgIpc) is 2.37. The number of benzene rings is 1. The van der Waals surface area contributed by atoms with Crippen LogP contribution < -0.4 is 4.90 Å². The molecule has 102 valence electrons. The summed E-state index contributed by atoms with van der Waals surface area (Å²) in [5, 5.41) is 0. The first kappa shape index (κ1) is 12.7. The van der Waals surface area contributed by atoms with Gasteiger partial charge in [-0.05, 0) is 37.0 Å². The first-order valence-electron chi connectivity index (χ1n) is 7.41. The molecular weight excluding hydrogens is 236 g/mol. The van der Waals surface area contributed by atoms with E-state index in [1.807, 2.05) is 4.90 Å². The first-order valence-corrected chi connectivity index (χ1v) is 7.41. The van der Waals surface area contributed by atoms with E-state index in [1.54, 1.807) is 0 Å². The first-order chi connectivity index (χ1) is 9.28. The monoisotopic (exact) mass is 258 g/mol. The van der Waals surface area contributed by atoms with Gasteiger partial charge in [0, 0.05) is 24.8 Å². The highest BCUT2D eigenvalue weighted by Crippen LogP contribution is 2.27. The number of hydrogen-bond donors (Lipinski definition) is 0. The van der Waals surface area contributed by atoms with Crippen molar-refractivity contribution in [2.75, 3.05) is 24.5 Å². The molecule has 3 nitrogen and oxygen atoms in total. The Balaban J connectivity index is 1.66. The van der Waals surface area contributed by atoms with Crippen LogP contribution >= 0.6 is 0 Å². The largest absolute Gasteiger partial charge is 0.310 e. The Kier molecular flexibility index (Phi) is 3.56. The number of amides is 1. The van der Waals surface area contributed by atoms with Gasteiger partial charge in [0.2, 0.25) is 5.91 Å². The Morgan fingerprint density at radius 3 is 2.42 bits per heavy atom. The Bertz CT molecular complexity index is 450. The number of anilines is 1. The molecule has 0 unspecified atom stereocenters. The van der Waals surface area contributed by atoms with E-state index in [0.29, 0.717) is 12.6 Å². The van der Waals surface area contributed by atoms with Crippen molar-refractivity contribution in [1.29, 1.82) is 0 Å². The molecule has 3 rings (SSSR count). The van der Waals surface area contributed by atoms with Crippen molar-refractivity contribution < 1.29 is 4.79 Å². The number of carbonyl (C=O) groups is 1. The predicted molar refractivity (Wildman–Crippen MR) is 77.4 cm³/mol. The topological polar surface area (TPSA) is 23.6 Å². The molecule has 1 aliphatic heterocycles. The van der Waals surface area contributed by atoms with Crippen LogP contribution in [0.1, 0.15) is 31.7 Å². The molecule has 3 heteroatoms. The van der Waals surface area contributed by atoms with Crippen LogP contribution in [0.5, 0.6) is 0 Å². The lowest BCUT2D eigenvalue weighted by Gasteiger charge is -2.42. The summed E-state index contributed by atoms with van der Waals surface area (Å²) in [7, 11) is 0. The summed E-state index contributed by atoms with van der Waals surface area (Å²) in [5.74, 6) is 0.252. The van der Waals surface area contributed by atoms with E-state index in [0.717, 1.165) is 25.2 Å². The Morgan fingerprint density at radius 2 is 1.89 bits per heavy atom. The predicted octanol–water partition coefficient (Wildman–Crippen LogP) is 2.45. The van der Waals surface area contributed by atoms with Gasteiger partial charge in [-0.2, -0.15) is 0 Å². The van der Waals surface area contributed by atoms with Crippen LogP contribution in [-0.4, -0.2) is 36.5 Å². The number of nitrogens with zero attached hydrogens (tertiary/aromatic N) is 2. The van der Waals surface area contributed by atoms with Gasteiger partial charge in [-0.25, -0.2) is 0 Å². The third kappa shape index (κ3) is 2.52. The van der Waals surface area contributed by atoms with E-state index in [9.17, 15) is 4.79 Å². The SMILES string of the molecule is CCc1ccc(N2CCN(C3CCC3)CC2=O)cc1. The molecular formula is C16H22N2O. The number of piperazine rings is 1. The zero-order valence-corrected chi connectivity index (χ0v) is 11.6. The Hall–Kier alpha value is -1.35. The van der Waals surface area contributed by atoms with Gasteiger partial charge in [0.1, 0.15) is 0 Å². The highest BCUT2D eigenvalue weighted by molar-refractivity contribution is 5.95. The normalized spacial score (nSPS) is 21.5. The molecule has 2 aliphatic rings. The van der Waals surface area contributed by atoms with E-state index >= 15 is 0 Å². The molecule has 0 aromatic heterocycles. The molecule has 2 fully saturated rings. The molecule has 0 bridgehead atoms. The van der Waals surface area contributed by atoms with Crippen LogP contribution in [-0.2, 0) is 11.2 Å². The van der Waals surface area contributed by atoms with Gasteiger partial charge in [0.05, 0.1) is 6.54 Å². The Labute approximate surface area is 115 Å². The van der Waals surface area contributed by atoms with Crippen molar-refractivity contribution in [2.24, 2.45) is 0 Å². The molecule has 19 heavy (non-hydrogen) atoms. The molecule has 1 saturated heterocycles. The van der Waals surface area contributed by atoms with Crippen molar-refractivity contribution in [2.45, 2.75) is 38.6 Å². The van der Waals surface area contributed by atoms with Crippen LogP contribution in [0.15, 0.2) is 24.3 Å². The Morgan fingerprint density at radius 1 is 1.16 bits per heavy atom. The number of aryl methyl sites for hydroxylation is 1. The summed E-state index contributed by atoms with van der Waals surface area (Å²) >= 11 is 0. The van der Waals surface area contributed by atoms with Gasteiger partial charge < -0.3 is 4.90 Å². The molecule has 1 saturated carbocycles. The second kappa shape index (κ2) is 5.33. The second-order valence-corrected chi connectivity index (χ2v) is 5.62. The number of hydrogen-bond acceptors (Lipinski definition) is 2. The number of rotatable bonds is 3. The quantitative estimate of drug-likeness (QED) is 0.831. The minimum absolute atomic E-state index is 0.252. The van der Waals surface area contributed by atoms with Crippen LogP contribution in [0.4, 0.5) is 5.69 Å². The van der Waals surface area contributed by atoms with Crippen molar-refractivity contribution in [3.63, 3.8) is 0 Å². The zero-order chi connectivity index (χ0) is 13.2. The van der Waals surface area contributed by atoms with E-state index in [-0.39, 0.29) is 5.91 Å². The van der Waals surface area contributed by atoms with Crippen LogP contribution in [0.2, 0.25) is 0 Å². The molecule has 1 amide bonds. The lowest BCUT2D eigenvalue weighted by Crippen LogP contribution is -2.55. The third-order valence-electron chi connectivity index (χ3n) is 4.50. The maximum Gasteiger partial charge on any atom is 0.241 e.